The van der Waals surface area contributed by atoms with Gasteiger partial charge in [-0.05, 0) is 12.1 Å². The van der Waals surface area contributed by atoms with Crippen LogP contribution in [0.25, 0.3) is 0 Å². The Morgan fingerprint density at radius 2 is 1.72 bits per heavy atom. The molecular weight excluding hydrogens is 277 g/mol. The molecule has 1 amide bonds. The van der Waals surface area contributed by atoms with Gasteiger partial charge in [0.25, 0.3) is 0 Å². The summed E-state index contributed by atoms with van der Waals surface area (Å²) in [6.45, 7) is 5.22. The zero-order valence-corrected chi connectivity index (χ0v) is 11.7. The van der Waals surface area contributed by atoms with Crippen LogP contribution in [-0.2, 0) is 4.79 Å². The van der Waals surface area contributed by atoms with Crippen LogP contribution >= 0.6 is 23.2 Å². The third-order valence-corrected chi connectivity index (χ3v) is 2.84. The Bertz CT molecular complexity index is 507. The molecule has 0 aliphatic carbocycles. The summed E-state index contributed by atoms with van der Waals surface area (Å²) in [4.78, 5) is 22.7. The first-order valence-electron chi connectivity index (χ1n) is 5.16. The molecule has 18 heavy (non-hydrogen) atoms. The zero-order valence-electron chi connectivity index (χ0n) is 10.2. The average molecular weight is 290 g/mol. The lowest BCUT2D eigenvalue weighted by atomic mass is 9.95. The highest BCUT2D eigenvalue weighted by atomic mass is 35.5. The third kappa shape index (κ3) is 3.37. The van der Waals surface area contributed by atoms with E-state index in [9.17, 15) is 9.59 Å². The van der Waals surface area contributed by atoms with Crippen LogP contribution in [0.1, 0.15) is 31.1 Å². The predicted octanol–water partition coefficient (Wildman–Crippen LogP) is 3.68. The van der Waals surface area contributed by atoms with Crippen LogP contribution in [-0.4, -0.2) is 17.0 Å². The number of hydrogen-bond donors (Lipinski definition) is 2. The highest BCUT2D eigenvalue weighted by Crippen LogP contribution is 2.30. The second-order valence-corrected chi connectivity index (χ2v) is 5.64. The summed E-state index contributed by atoms with van der Waals surface area (Å²) in [6.07, 6.45) is 0. The van der Waals surface area contributed by atoms with Crippen molar-refractivity contribution in [2.45, 2.75) is 20.8 Å². The SMILES string of the molecule is CC(C)(C)C(=O)Nc1cc(C(=O)O)c(Cl)cc1Cl. The number of hydrogen-bond acceptors (Lipinski definition) is 2. The van der Waals surface area contributed by atoms with E-state index in [-0.39, 0.29) is 27.2 Å². The van der Waals surface area contributed by atoms with Crippen molar-refractivity contribution in [2.75, 3.05) is 5.32 Å². The Hall–Kier alpha value is -1.26. The van der Waals surface area contributed by atoms with Crippen LogP contribution in [0.2, 0.25) is 10.0 Å². The lowest BCUT2D eigenvalue weighted by molar-refractivity contribution is -0.123. The summed E-state index contributed by atoms with van der Waals surface area (Å²) in [7, 11) is 0. The molecule has 0 saturated carbocycles. The van der Waals surface area contributed by atoms with Crippen LogP contribution in [0, 0.1) is 5.41 Å². The molecule has 1 aromatic rings. The van der Waals surface area contributed by atoms with Gasteiger partial charge in [-0.15, -0.1) is 0 Å². The van der Waals surface area contributed by atoms with E-state index >= 15 is 0 Å². The maximum Gasteiger partial charge on any atom is 0.337 e. The number of carboxylic acid groups (broad SMARTS) is 1. The van der Waals surface area contributed by atoms with Crippen molar-refractivity contribution in [3.8, 4) is 0 Å². The number of amides is 1. The van der Waals surface area contributed by atoms with E-state index in [2.05, 4.69) is 5.32 Å². The molecule has 0 fully saturated rings. The van der Waals surface area contributed by atoms with Crippen LogP contribution in [0.3, 0.4) is 0 Å². The van der Waals surface area contributed by atoms with Gasteiger partial charge in [-0.2, -0.15) is 0 Å². The maximum atomic E-state index is 11.8. The molecule has 4 nitrogen and oxygen atoms in total. The molecule has 0 atom stereocenters. The fraction of sp³-hybridized carbons (Fsp3) is 0.333. The van der Waals surface area contributed by atoms with Gasteiger partial charge in [-0.1, -0.05) is 44.0 Å². The van der Waals surface area contributed by atoms with E-state index in [0.29, 0.717) is 0 Å². The van der Waals surface area contributed by atoms with Crippen molar-refractivity contribution in [1.82, 2.24) is 0 Å². The van der Waals surface area contributed by atoms with Crippen LogP contribution in [0.4, 0.5) is 5.69 Å². The number of nitrogens with one attached hydrogen (secondary N) is 1. The molecule has 0 aliphatic rings. The molecule has 0 heterocycles. The van der Waals surface area contributed by atoms with Gasteiger partial charge in [0.1, 0.15) is 0 Å². The van der Waals surface area contributed by atoms with Crippen molar-refractivity contribution in [1.29, 1.82) is 0 Å². The molecule has 1 aromatic carbocycles. The Kier molecular flexibility index (Phi) is 4.24. The Labute approximate surface area is 115 Å². The molecule has 6 heteroatoms. The molecule has 0 saturated heterocycles. The Morgan fingerprint density at radius 3 is 2.17 bits per heavy atom. The number of anilines is 1. The van der Waals surface area contributed by atoms with Crippen LogP contribution in [0.15, 0.2) is 12.1 Å². The number of rotatable bonds is 2. The molecule has 0 unspecified atom stereocenters. The molecule has 0 radical (unpaired) electrons. The number of benzene rings is 1. The first kappa shape index (κ1) is 14.8. The van der Waals surface area contributed by atoms with E-state index in [1.807, 2.05) is 0 Å². The summed E-state index contributed by atoms with van der Waals surface area (Å²) >= 11 is 11.7. The second kappa shape index (κ2) is 5.16. The molecule has 0 aromatic heterocycles. The van der Waals surface area contributed by atoms with E-state index in [4.69, 9.17) is 28.3 Å². The lowest BCUT2D eigenvalue weighted by Crippen LogP contribution is -2.27. The van der Waals surface area contributed by atoms with Gasteiger partial charge in [0, 0.05) is 5.41 Å². The topological polar surface area (TPSA) is 66.4 Å². The minimum Gasteiger partial charge on any atom is -0.478 e. The molecule has 1 rings (SSSR count). The summed E-state index contributed by atoms with van der Waals surface area (Å²) < 4.78 is 0. The van der Waals surface area contributed by atoms with Gasteiger partial charge in [0.2, 0.25) is 5.91 Å². The summed E-state index contributed by atoms with van der Waals surface area (Å²) in [6, 6.07) is 2.54. The Morgan fingerprint density at radius 1 is 1.17 bits per heavy atom. The number of aromatic carboxylic acids is 1. The predicted molar refractivity (Wildman–Crippen MR) is 71.5 cm³/mol. The maximum absolute atomic E-state index is 11.8. The van der Waals surface area contributed by atoms with Crippen LogP contribution < -0.4 is 5.32 Å². The van der Waals surface area contributed by atoms with Crippen molar-refractivity contribution < 1.29 is 14.7 Å². The van der Waals surface area contributed by atoms with Crippen LogP contribution in [0.5, 0.6) is 0 Å². The minimum absolute atomic E-state index is 0.0289. The Balaban J connectivity index is 3.14. The molecule has 0 bridgehead atoms. The standard InChI is InChI=1S/C12H13Cl2NO3/c1-12(2,3)11(18)15-9-4-6(10(16)17)7(13)5-8(9)14/h4-5H,1-3H3,(H,15,18)(H,16,17). The van der Waals surface area contributed by atoms with Gasteiger partial charge in [0.15, 0.2) is 0 Å². The summed E-state index contributed by atoms with van der Waals surface area (Å²) in [5.41, 5.74) is -0.476. The highest BCUT2D eigenvalue weighted by molar-refractivity contribution is 6.38. The van der Waals surface area contributed by atoms with Crippen molar-refractivity contribution in [2.24, 2.45) is 5.41 Å². The third-order valence-electron chi connectivity index (χ3n) is 2.22. The smallest absolute Gasteiger partial charge is 0.337 e. The highest BCUT2D eigenvalue weighted by Gasteiger charge is 2.23. The normalized spacial score (nSPS) is 11.2. The number of halogens is 2. The monoisotopic (exact) mass is 289 g/mol. The fourth-order valence-electron chi connectivity index (χ4n) is 1.12. The average Bonchev–Trinajstić information content (AvgIpc) is 2.19. The van der Waals surface area contributed by atoms with Gasteiger partial charge < -0.3 is 10.4 Å². The van der Waals surface area contributed by atoms with Crippen molar-refractivity contribution in [3.05, 3.63) is 27.7 Å². The quantitative estimate of drug-likeness (QED) is 0.873. The van der Waals surface area contributed by atoms with Gasteiger partial charge in [-0.3, -0.25) is 4.79 Å². The molecular formula is C12H13Cl2NO3. The number of carboxylic acids is 1. The minimum atomic E-state index is -1.18. The van der Waals surface area contributed by atoms with Crippen molar-refractivity contribution in [3.63, 3.8) is 0 Å². The first-order valence-corrected chi connectivity index (χ1v) is 5.92. The molecule has 0 spiro atoms. The fourth-order valence-corrected chi connectivity index (χ4v) is 1.63. The molecule has 0 aliphatic heterocycles. The lowest BCUT2D eigenvalue weighted by Gasteiger charge is -2.18. The molecule has 2 N–H and O–H groups in total. The zero-order chi connectivity index (χ0) is 14.1. The summed E-state index contributed by atoms with van der Waals surface area (Å²) in [5, 5.41) is 11.7. The molecule has 98 valence electrons. The number of carbonyl (C=O) groups excluding carboxylic acids is 1. The van der Waals surface area contributed by atoms with E-state index in [1.165, 1.54) is 12.1 Å². The van der Waals surface area contributed by atoms with Gasteiger partial charge >= 0.3 is 5.97 Å². The number of carbonyl (C=O) groups is 2. The van der Waals surface area contributed by atoms with Crippen molar-refractivity contribution >= 4 is 40.8 Å². The van der Waals surface area contributed by atoms with E-state index < -0.39 is 11.4 Å². The first-order chi connectivity index (χ1) is 8.12. The van der Waals surface area contributed by atoms with Gasteiger partial charge in [0.05, 0.1) is 21.3 Å². The van der Waals surface area contributed by atoms with E-state index in [0.717, 1.165) is 0 Å². The van der Waals surface area contributed by atoms with E-state index in [1.54, 1.807) is 20.8 Å². The largest absolute Gasteiger partial charge is 0.478 e. The van der Waals surface area contributed by atoms with Gasteiger partial charge in [-0.25, -0.2) is 4.79 Å². The second-order valence-electron chi connectivity index (χ2n) is 4.82. The summed E-state index contributed by atoms with van der Waals surface area (Å²) in [5.74, 6) is -1.44.